The van der Waals surface area contributed by atoms with E-state index in [1.54, 1.807) is 23.2 Å². The van der Waals surface area contributed by atoms with Crippen LogP contribution in [0.1, 0.15) is 16.7 Å². The van der Waals surface area contributed by atoms with E-state index in [9.17, 15) is 9.59 Å². The molecule has 0 aliphatic carbocycles. The van der Waals surface area contributed by atoms with Crippen LogP contribution in [0.15, 0.2) is 47.3 Å². The SMILES string of the molecule is Cc1cccc(CNC(=O)Cc2ccc3c(c2)n(C)c(=O)n3C)c1. The molecule has 3 rings (SSSR count). The molecule has 1 N–H and O–H groups in total. The number of fused-ring (bicyclic) bond motifs is 1. The van der Waals surface area contributed by atoms with Crippen molar-refractivity contribution in [1.82, 2.24) is 14.5 Å². The van der Waals surface area contributed by atoms with Gasteiger partial charge in [0.05, 0.1) is 17.5 Å². The summed E-state index contributed by atoms with van der Waals surface area (Å²) in [6.45, 7) is 2.55. The van der Waals surface area contributed by atoms with Crippen LogP contribution in [0.3, 0.4) is 0 Å². The topological polar surface area (TPSA) is 56.0 Å². The predicted octanol–water partition coefficient (Wildman–Crippen LogP) is 2.04. The maximum atomic E-state index is 12.2. The quantitative estimate of drug-likeness (QED) is 0.799. The number of hydrogen-bond acceptors (Lipinski definition) is 2. The molecule has 0 unspecified atom stereocenters. The number of nitrogens with zero attached hydrogens (tertiary/aromatic N) is 2. The number of carbonyl (C=O) groups is 1. The molecule has 24 heavy (non-hydrogen) atoms. The maximum absolute atomic E-state index is 12.2. The van der Waals surface area contributed by atoms with Gasteiger partial charge in [0.1, 0.15) is 0 Å². The molecule has 0 saturated carbocycles. The number of rotatable bonds is 4. The second-order valence-corrected chi connectivity index (χ2v) is 6.17. The lowest BCUT2D eigenvalue weighted by Gasteiger charge is -2.07. The molecule has 0 radical (unpaired) electrons. The van der Waals surface area contributed by atoms with E-state index in [1.165, 1.54) is 5.56 Å². The Balaban J connectivity index is 1.71. The Morgan fingerprint density at radius 3 is 2.50 bits per heavy atom. The van der Waals surface area contributed by atoms with Gasteiger partial charge >= 0.3 is 5.69 Å². The molecule has 124 valence electrons. The highest BCUT2D eigenvalue weighted by molar-refractivity contribution is 5.82. The maximum Gasteiger partial charge on any atom is 0.328 e. The van der Waals surface area contributed by atoms with Crippen molar-refractivity contribution < 1.29 is 4.79 Å². The molecular weight excluding hydrogens is 302 g/mol. The zero-order valence-electron chi connectivity index (χ0n) is 14.2. The minimum atomic E-state index is -0.0638. The van der Waals surface area contributed by atoms with E-state index >= 15 is 0 Å². The molecule has 0 fully saturated rings. The van der Waals surface area contributed by atoms with Gasteiger partial charge in [0.25, 0.3) is 0 Å². The van der Waals surface area contributed by atoms with E-state index in [0.717, 1.165) is 22.2 Å². The summed E-state index contributed by atoms with van der Waals surface area (Å²) in [5, 5.41) is 2.94. The summed E-state index contributed by atoms with van der Waals surface area (Å²) in [5.74, 6) is -0.0308. The molecule has 2 aromatic carbocycles. The Morgan fingerprint density at radius 1 is 1.00 bits per heavy atom. The third-order valence-corrected chi connectivity index (χ3v) is 4.27. The fourth-order valence-electron chi connectivity index (χ4n) is 2.93. The van der Waals surface area contributed by atoms with Crippen molar-refractivity contribution in [3.05, 3.63) is 69.6 Å². The highest BCUT2D eigenvalue weighted by Crippen LogP contribution is 2.14. The van der Waals surface area contributed by atoms with Crippen LogP contribution in [0.5, 0.6) is 0 Å². The van der Waals surface area contributed by atoms with Crippen molar-refractivity contribution in [3.63, 3.8) is 0 Å². The molecule has 1 aromatic heterocycles. The Hall–Kier alpha value is -2.82. The van der Waals surface area contributed by atoms with Gasteiger partial charge in [-0.1, -0.05) is 35.9 Å². The van der Waals surface area contributed by atoms with Crippen LogP contribution >= 0.6 is 0 Å². The van der Waals surface area contributed by atoms with Crippen molar-refractivity contribution in [3.8, 4) is 0 Å². The minimum absolute atomic E-state index is 0.0308. The van der Waals surface area contributed by atoms with Crippen molar-refractivity contribution in [1.29, 1.82) is 0 Å². The molecule has 0 bridgehead atoms. The number of amides is 1. The molecule has 3 aromatic rings. The lowest BCUT2D eigenvalue weighted by atomic mass is 10.1. The fourth-order valence-corrected chi connectivity index (χ4v) is 2.93. The first-order valence-electron chi connectivity index (χ1n) is 7.92. The Morgan fingerprint density at radius 2 is 1.75 bits per heavy atom. The van der Waals surface area contributed by atoms with Gasteiger partial charge < -0.3 is 5.32 Å². The molecule has 0 spiro atoms. The van der Waals surface area contributed by atoms with Gasteiger partial charge in [-0.2, -0.15) is 0 Å². The second-order valence-electron chi connectivity index (χ2n) is 6.17. The van der Waals surface area contributed by atoms with E-state index in [2.05, 4.69) is 11.4 Å². The van der Waals surface area contributed by atoms with Crippen molar-refractivity contribution in [2.75, 3.05) is 0 Å². The van der Waals surface area contributed by atoms with E-state index < -0.39 is 0 Å². The molecule has 1 amide bonds. The lowest BCUT2D eigenvalue weighted by molar-refractivity contribution is -0.120. The summed E-state index contributed by atoms with van der Waals surface area (Å²) in [7, 11) is 3.49. The number of carbonyl (C=O) groups excluding carboxylic acids is 1. The average molecular weight is 323 g/mol. The first-order chi connectivity index (χ1) is 11.5. The summed E-state index contributed by atoms with van der Waals surface area (Å²) in [4.78, 5) is 24.1. The standard InChI is InChI=1S/C19H21N3O2/c1-13-5-4-6-15(9-13)12-20-18(23)11-14-7-8-16-17(10-14)22(3)19(24)21(16)2/h4-10H,11-12H2,1-3H3,(H,20,23). The number of aromatic nitrogens is 2. The van der Waals surface area contributed by atoms with Gasteiger partial charge in [-0.05, 0) is 30.2 Å². The molecule has 0 saturated heterocycles. The highest BCUT2D eigenvalue weighted by Gasteiger charge is 2.10. The molecular formula is C19H21N3O2. The van der Waals surface area contributed by atoms with Gasteiger partial charge in [-0.15, -0.1) is 0 Å². The molecule has 0 atom stereocenters. The van der Waals surface area contributed by atoms with Crippen molar-refractivity contribution in [2.45, 2.75) is 19.9 Å². The molecule has 1 heterocycles. The summed E-state index contributed by atoms with van der Waals surface area (Å²) < 4.78 is 3.21. The van der Waals surface area contributed by atoms with Gasteiger partial charge in [0.2, 0.25) is 5.91 Å². The zero-order chi connectivity index (χ0) is 17.3. The third-order valence-electron chi connectivity index (χ3n) is 4.27. The first kappa shape index (κ1) is 16.1. The number of nitrogens with one attached hydrogen (secondary N) is 1. The lowest BCUT2D eigenvalue weighted by Crippen LogP contribution is -2.24. The van der Waals surface area contributed by atoms with Gasteiger partial charge in [0, 0.05) is 20.6 Å². The molecule has 0 aliphatic heterocycles. The summed E-state index contributed by atoms with van der Waals surface area (Å²) >= 11 is 0. The van der Waals surface area contributed by atoms with Crippen LogP contribution in [-0.4, -0.2) is 15.0 Å². The first-order valence-corrected chi connectivity index (χ1v) is 7.92. The van der Waals surface area contributed by atoms with Gasteiger partial charge in [-0.3, -0.25) is 13.9 Å². The zero-order valence-corrected chi connectivity index (χ0v) is 14.2. The highest BCUT2D eigenvalue weighted by atomic mass is 16.2. The number of imidazole rings is 1. The summed E-state index contributed by atoms with van der Waals surface area (Å²) in [6, 6.07) is 13.8. The number of benzene rings is 2. The Labute approximate surface area is 140 Å². The van der Waals surface area contributed by atoms with Crippen LogP contribution in [-0.2, 0) is 31.9 Å². The molecule has 0 aliphatic rings. The van der Waals surface area contributed by atoms with Gasteiger partial charge in [0.15, 0.2) is 0 Å². The van der Waals surface area contributed by atoms with Crippen LogP contribution < -0.4 is 11.0 Å². The van der Waals surface area contributed by atoms with E-state index in [-0.39, 0.29) is 11.6 Å². The van der Waals surface area contributed by atoms with Crippen LogP contribution in [0, 0.1) is 6.92 Å². The summed E-state index contributed by atoms with van der Waals surface area (Å²) in [6.07, 6.45) is 0.296. The van der Waals surface area contributed by atoms with Crippen molar-refractivity contribution >= 4 is 16.9 Å². The van der Waals surface area contributed by atoms with E-state index in [1.807, 2.05) is 43.3 Å². The fraction of sp³-hybridized carbons (Fsp3) is 0.263. The molecule has 5 heteroatoms. The van der Waals surface area contributed by atoms with Crippen LogP contribution in [0.4, 0.5) is 0 Å². The van der Waals surface area contributed by atoms with E-state index in [4.69, 9.17) is 0 Å². The smallest absolute Gasteiger partial charge is 0.328 e. The van der Waals surface area contributed by atoms with Crippen molar-refractivity contribution in [2.24, 2.45) is 14.1 Å². The number of hydrogen-bond donors (Lipinski definition) is 1. The predicted molar refractivity (Wildman–Crippen MR) is 94.9 cm³/mol. The normalized spacial score (nSPS) is 11.0. The molecule has 5 nitrogen and oxygen atoms in total. The van der Waals surface area contributed by atoms with E-state index in [0.29, 0.717) is 13.0 Å². The largest absolute Gasteiger partial charge is 0.352 e. The Bertz CT molecular complexity index is 966. The Kier molecular flexibility index (Phi) is 4.25. The summed E-state index contributed by atoms with van der Waals surface area (Å²) in [5.41, 5.74) is 4.80. The number of aryl methyl sites for hydroxylation is 3. The second kappa shape index (κ2) is 6.35. The van der Waals surface area contributed by atoms with Gasteiger partial charge in [-0.25, -0.2) is 4.79 Å². The van der Waals surface area contributed by atoms with Crippen LogP contribution in [0.2, 0.25) is 0 Å². The third kappa shape index (κ3) is 3.11. The monoisotopic (exact) mass is 323 g/mol. The minimum Gasteiger partial charge on any atom is -0.352 e. The average Bonchev–Trinajstić information content (AvgIpc) is 2.77. The van der Waals surface area contributed by atoms with Crippen LogP contribution in [0.25, 0.3) is 11.0 Å².